The van der Waals surface area contributed by atoms with E-state index in [1.54, 1.807) is 6.20 Å². The van der Waals surface area contributed by atoms with Crippen LogP contribution in [0.1, 0.15) is 25.0 Å². The van der Waals surface area contributed by atoms with Crippen LogP contribution < -0.4 is 10.1 Å². The molecule has 0 aliphatic heterocycles. The average molecular weight is 370 g/mol. The molecule has 0 aliphatic carbocycles. The Kier molecular flexibility index (Phi) is 6.03. The average Bonchev–Trinajstić information content (AvgIpc) is 2.49. The molecule has 0 aliphatic rings. The monoisotopic (exact) mass is 368 g/mol. The molecule has 0 fully saturated rings. The van der Waals surface area contributed by atoms with E-state index in [0.29, 0.717) is 12.4 Å². The lowest BCUT2D eigenvalue weighted by Crippen LogP contribution is -2.13. The van der Waals surface area contributed by atoms with Crippen LogP contribution in [-0.4, -0.2) is 11.5 Å². The van der Waals surface area contributed by atoms with Gasteiger partial charge in [0.15, 0.2) is 0 Å². The summed E-state index contributed by atoms with van der Waals surface area (Å²) in [6.45, 7) is 5.75. The largest absolute Gasteiger partial charge is 0.439 e. The Morgan fingerprint density at radius 3 is 2.76 bits per heavy atom. The molecule has 112 valence electrons. The molecule has 0 spiro atoms. The third kappa shape index (κ3) is 4.43. The summed E-state index contributed by atoms with van der Waals surface area (Å²) >= 11 is 9.58. The maximum Gasteiger partial charge on any atom is 0.223 e. The minimum Gasteiger partial charge on any atom is -0.439 e. The summed E-state index contributed by atoms with van der Waals surface area (Å²) in [5.41, 5.74) is 2.08. The van der Waals surface area contributed by atoms with E-state index in [-0.39, 0.29) is 0 Å². The Labute approximate surface area is 138 Å². The summed E-state index contributed by atoms with van der Waals surface area (Å²) in [6.07, 6.45) is 2.61. The molecule has 2 aromatic rings. The molecule has 0 saturated carbocycles. The molecule has 1 heterocycles. The number of aryl methyl sites for hydroxylation is 1. The fourth-order valence-electron chi connectivity index (χ4n) is 1.94. The number of rotatable bonds is 6. The molecule has 5 heteroatoms. The standard InChI is InChI=1S/C16H18BrClN2O/c1-3-11-8-14(5-6-15(11)18)21-16-12(9-19-4-2)7-13(17)10-20-16/h5-8,10,19H,3-4,9H2,1-2H3. The van der Waals surface area contributed by atoms with Crippen LogP contribution in [0.5, 0.6) is 11.6 Å². The van der Waals surface area contributed by atoms with E-state index >= 15 is 0 Å². The van der Waals surface area contributed by atoms with Crippen molar-refractivity contribution >= 4 is 27.5 Å². The Morgan fingerprint density at radius 2 is 2.05 bits per heavy atom. The van der Waals surface area contributed by atoms with Crippen molar-refractivity contribution in [3.63, 3.8) is 0 Å². The molecule has 3 nitrogen and oxygen atoms in total. The third-order valence-electron chi connectivity index (χ3n) is 3.07. The predicted octanol–water partition coefficient (Wildman–Crippen LogP) is 4.96. The number of aromatic nitrogens is 1. The first-order valence-corrected chi connectivity index (χ1v) is 8.12. The van der Waals surface area contributed by atoms with Gasteiger partial charge in [-0.15, -0.1) is 0 Å². The molecule has 0 bridgehead atoms. The second-order valence-electron chi connectivity index (χ2n) is 4.61. The van der Waals surface area contributed by atoms with Gasteiger partial charge in [0.25, 0.3) is 0 Å². The Balaban J connectivity index is 2.26. The topological polar surface area (TPSA) is 34.2 Å². The number of halogens is 2. The number of pyridine rings is 1. The van der Waals surface area contributed by atoms with E-state index in [4.69, 9.17) is 16.3 Å². The van der Waals surface area contributed by atoms with Crippen LogP contribution in [0.15, 0.2) is 34.9 Å². The normalized spacial score (nSPS) is 10.7. The second-order valence-corrected chi connectivity index (χ2v) is 5.93. The predicted molar refractivity (Wildman–Crippen MR) is 90.2 cm³/mol. The van der Waals surface area contributed by atoms with Crippen molar-refractivity contribution in [3.8, 4) is 11.6 Å². The first-order valence-electron chi connectivity index (χ1n) is 6.95. The molecular weight excluding hydrogens is 352 g/mol. The highest BCUT2D eigenvalue weighted by molar-refractivity contribution is 9.10. The van der Waals surface area contributed by atoms with Gasteiger partial charge < -0.3 is 10.1 Å². The number of benzene rings is 1. The maximum atomic E-state index is 6.13. The van der Waals surface area contributed by atoms with Gasteiger partial charge in [-0.25, -0.2) is 4.98 Å². The Hall–Kier alpha value is -1.10. The van der Waals surface area contributed by atoms with Gasteiger partial charge in [0, 0.05) is 27.8 Å². The van der Waals surface area contributed by atoms with Crippen LogP contribution in [0.25, 0.3) is 0 Å². The molecule has 0 atom stereocenters. The SMILES string of the molecule is CCNCc1cc(Br)cnc1Oc1ccc(Cl)c(CC)c1. The van der Waals surface area contributed by atoms with E-state index in [2.05, 4.69) is 40.1 Å². The van der Waals surface area contributed by atoms with Crippen LogP contribution in [0, 0.1) is 0 Å². The van der Waals surface area contributed by atoms with Gasteiger partial charge in [-0.2, -0.15) is 0 Å². The molecule has 1 aromatic carbocycles. The minimum atomic E-state index is 0.614. The lowest BCUT2D eigenvalue weighted by molar-refractivity contribution is 0.452. The van der Waals surface area contributed by atoms with Gasteiger partial charge in [-0.1, -0.05) is 25.4 Å². The van der Waals surface area contributed by atoms with Crippen LogP contribution in [0.3, 0.4) is 0 Å². The summed E-state index contributed by atoms with van der Waals surface area (Å²) in [7, 11) is 0. The van der Waals surface area contributed by atoms with E-state index < -0.39 is 0 Å². The van der Waals surface area contributed by atoms with Gasteiger partial charge in [0.05, 0.1) is 0 Å². The van der Waals surface area contributed by atoms with Crippen molar-refractivity contribution in [1.29, 1.82) is 0 Å². The fourth-order valence-corrected chi connectivity index (χ4v) is 2.57. The summed E-state index contributed by atoms with van der Waals surface area (Å²) in [4.78, 5) is 4.36. The molecule has 0 radical (unpaired) electrons. The van der Waals surface area contributed by atoms with Gasteiger partial charge in [-0.3, -0.25) is 0 Å². The van der Waals surface area contributed by atoms with Crippen LogP contribution in [0.2, 0.25) is 5.02 Å². The van der Waals surface area contributed by atoms with Crippen LogP contribution in [0.4, 0.5) is 0 Å². The van der Waals surface area contributed by atoms with Crippen molar-refractivity contribution in [2.75, 3.05) is 6.54 Å². The molecule has 1 aromatic heterocycles. The van der Waals surface area contributed by atoms with E-state index in [0.717, 1.165) is 39.3 Å². The highest BCUT2D eigenvalue weighted by atomic mass is 79.9. The van der Waals surface area contributed by atoms with Crippen LogP contribution >= 0.6 is 27.5 Å². The number of nitrogens with zero attached hydrogens (tertiary/aromatic N) is 1. The summed E-state index contributed by atoms with van der Waals surface area (Å²) in [5.74, 6) is 1.37. The fraction of sp³-hybridized carbons (Fsp3) is 0.312. The third-order valence-corrected chi connectivity index (χ3v) is 3.87. The smallest absolute Gasteiger partial charge is 0.223 e. The van der Waals surface area contributed by atoms with Crippen molar-refractivity contribution in [3.05, 3.63) is 51.1 Å². The van der Waals surface area contributed by atoms with Gasteiger partial charge in [0.1, 0.15) is 5.75 Å². The van der Waals surface area contributed by atoms with E-state index in [9.17, 15) is 0 Å². The first kappa shape index (κ1) is 16.3. The minimum absolute atomic E-state index is 0.614. The summed E-state index contributed by atoms with van der Waals surface area (Å²) in [5, 5.41) is 4.05. The zero-order valence-corrected chi connectivity index (χ0v) is 14.5. The number of hydrogen-bond acceptors (Lipinski definition) is 3. The van der Waals surface area contributed by atoms with Crippen molar-refractivity contribution in [2.45, 2.75) is 26.8 Å². The van der Waals surface area contributed by atoms with Gasteiger partial charge in [-0.05, 0) is 58.7 Å². The molecule has 1 N–H and O–H groups in total. The lowest BCUT2D eigenvalue weighted by Gasteiger charge is -2.12. The van der Waals surface area contributed by atoms with Gasteiger partial charge in [0.2, 0.25) is 5.88 Å². The van der Waals surface area contributed by atoms with Crippen LogP contribution in [-0.2, 0) is 13.0 Å². The van der Waals surface area contributed by atoms with Gasteiger partial charge >= 0.3 is 0 Å². The Morgan fingerprint density at radius 1 is 1.24 bits per heavy atom. The molecule has 2 rings (SSSR count). The quantitative estimate of drug-likeness (QED) is 0.781. The molecule has 0 amide bonds. The lowest BCUT2D eigenvalue weighted by atomic mass is 10.1. The maximum absolute atomic E-state index is 6.13. The number of nitrogens with one attached hydrogen (secondary N) is 1. The van der Waals surface area contributed by atoms with E-state index in [1.807, 2.05) is 24.3 Å². The van der Waals surface area contributed by atoms with Crippen molar-refractivity contribution in [2.24, 2.45) is 0 Å². The first-order chi connectivity index (χ1) is 10.1. The molecule has 0 unspecified atom stereocenters. The highest BCUT2D eigenvalue weighted by Gasteiger charge is 2.09. The summed E-state index contributed by atoms with van der Waals surface area (Å²) < 4.78 is 6.87. The summed E-state index contributed by atoms with van der Waals surface area (Å²) in [6, 6.07) is 7.70. The van der Waals surface area contributed by atoms with E-state index in [1.165, 1.54) is 0 Å². The number of hydrogen-bond donors (Lipinski definition) is 1. The molecular formula is C16H18BrClN2O. The Bertz CT molecular complexity index is 619. The zero-order chi connectivity index (χ0) is 15.2. The highest BCUT2D eigenvalue weighted by Crippen LogP contribution is 2.28. The molecule has 21 heavy (non-hydrogen) atoms. The van der Waals surface area contributed by atoms with Crippen molar-refractivity contribution < 1.29 is 4.74 Å². The molecule has 0 saturated heterocycles. The second kappa shape index (κ2) is 7.78. The zero-order valence-electron chi connectivity index (χ0n) is 12.1. The number of ether oxygens (including phenoxy) is 1. The van der Waals surface area contributed by atoms with Crippen molar-refractivity contribution in [1.82, 2.24) is 10.3 Å².